The van der Waals surface area contributed by atoms with Crippen LogP contribution in [0.1, 0.15) is 41.6 Å². The summed E-state index contributed by atoms with van der Waals surface area (Å²) in [6.45, 7) is 5.05. The maximum absolute atomic E-state index is 11.9. The lowest BCUT2D eigenvalue weighted by Gasteiger charge is -2.49. The number of aryl methyl sites for hydroxylation is 1. The van der Waals surface area contributed by atoms with E-state index in [2.05, 4.69) is 35.9 Å². The Morgan fingerprint density at radius 1 is 1.38 bits per heavy atom. The molecule has 2 rings (SSSR count). The van der Waals surface area contributed by atoms with E-state index < -0.39 is 0 Å². The fourth-order valence-corrected chi connectivity index (χ4v) is 3.63. The number of carbonyl (C=O) groups excluding carboxylic acids is 1. The van der Waals surface area contributed by atoms with Crippen molar-refractivity contribution in [2.75, 3.05) is 39.2 Å². The Hall–Kier alpha value is -1.14. The average Bonchev–Trinajstić information content (AvgIpc) is 2.75. The zero-order valence-corrected chi connectivity index (χ0v) is 14.4. The average molecular weight is 311 g/mol. The van der Waals surface area contributed by atoms with Crippen molar-refractivity contribution in [2.45, 2.75) is 38.6 Å². The molecule has 5 nitrogen and oxygen atoms in total. The Labute approximate surface area is 130 Å². The zero-order chi connectivity index (χ0) is 15.6. The summed E-state index contributed by atoms with van der Waals surface area (Å²) in [6.07, 6.45) is 3.73. The number of ether oxygens (including phenoxy) is 1. The quantitative estimate of drug-likeness (QED) is 0.756. The molecular weight excluding hydrogens is 286 g/mol. The van der Waals surface area contributed by atoms with Crippen molar-refractivity contribution in [1.29, 1.82) is 0 Å². The Morgan fingerprint density at radius 2 is 2.05 bits per heavy atom. The number of nitrogens with zero attached hydrogens (tertiary/aromatic N) is 3. The first-order chi connectivity index (χ1) is 9.89. The van der Waals surface area contributed by atoms with Gasteiger partial charge in [-0.2, -0.15) is 0 Å². The number of esters is 1. The van der Waals surface area contributed by atoms with Crippen LogP contribution in [0.5, 0.6) is 0 Å². The summed E-state index contributed by atoms with van der Waals surface area (Å²) in [5.74, 6) is -0.322. The SMILES string of the molecule is CCOC(=O)c1nc(N(C)CC2(N(C)C)CCC2)sc1C. The zero-order valence-electron chi connectivity index (χ0n) is 13.6. The molecule has 0 N–H and O–H groups in total. The molecule has 0 aliphatic heterocycles. The lowest BCUT2D eigenvalue weighted by Crippen LogP contribution is -2.56. The van der Waals surface area contributed by atoms with E-state index in [1.807, 2.05) is 13.8 Å². The van der Waals surface area contributed by atoms with Gasteiger partial charge in [0.2, 0.25) is 0 Å². The monoisotopic (exact) mass is 311 g/mol. The minimum atomic E-state index is -0.322. The summed E-state index contributed by atoms with van der Waals surface area (Å²) in [5, 5.41) is 0.892. The predicted molar refractivity (Wildman–Crippen MR) is 86.3 cm³/mol. The van der Waals surface area contributed by atoms with E-state index >= 15 is 0 Å². The summed E-state index contributed by atoms with van der Waals surface area (Å²) in [4.78, 5) is 21.7. The highest BCUT2D eigenvalue weighted by Crippen LogP contribution is 2.38. The molecule has 0 unspecified atom stereocenters. The highest BCUT2D eigenvalue weighted by molar-refractivity contribution is 7.15. The van der Waals surface area contributed by atoms with Gasteiger partial charge in [-0.3, -0.25) is 0 Å². The van der Waals surface area contributed by atoms with Gasteiger partial charge < -0.3 is 14.5 Å². The molecule has 0 radical (unpaired) electrons. The molecule has 1 fully saturated rings. The lowest BCUT2D eigenvalue weighted by molar-refractivity contribution is 0.0519. The molecule has 1 aliphatic carbocycles. The Balaban J connectivity index is 2.11. The number of rotatable bonds is 6. The van der Waals surface area contributed by atoms with Gasteiger partial charge in [0, 0.05) is 24.0 Å². The lowest BCUT2D eigenvalue weighted by atomic mass is 9.75. The van der Waals surface area contributed by atoms with Crippen LogP contribution in [0.2, 0.25) is 0 Å². The van der Waals surface area contributed by atoms with E-state index in [1.165, 1.54) is 19.3 Å². The second-order valence-electron chi connectivity index (χ2n) is 5.95. The van der Waals surface area contributed by atoms with Gasteiger partial charge >= 0.3 is 5.97 Å². The molecule has 1 saturated carbocycles. The molecule has 118 valence electrons. The van der Waals surface area contributed by atoms with Gasteiger partial charge in [0.05, 0.1) is 6.61 Å². The maximum atomic E-state index is 11.9. The van der Waals surface area contributed by atoms with E-state index in [0.717, 1.165) is 16.6 Å². The number of anilines is 1. The van der Waals surface area contributed by atoms with Gasteiger partial charge in [-0.15, -0.1) is 11.3 Å². The van der Waals surface area contributed by atoms with Crippen LogP contribution in [-0.4, -0.2) is 55.7 Å². The fourth-order valence-electron chi connectivity index (χ4n) is 2.78. The van der Waals surface area contributed by atoms with Crippen molar-refractivity contribution >= 4 is 22.4 Å². The third-order valence-electron chi connectivity index (χ3n) is 4.35. The molecule has 0 saturated heterocycles. The molecule has 1 aromatic rings. The van der Waals surface area contributed by atoms with Crippen molar-refractivity contribution < 1.29 is 9.53 Å². The number of likely N-dealkylation sites (N-methyl/N-ethyl adjacent to an activating group) is 2. The molecule has 0 atom stereocenters. The highest BCUT2D eigenvalue weighted by Gasteiger charge is 2.40. The largest absolute Gasteiger partial charge is 0.461 e. The van der Waals surface area contributed by atoms with Gasteiger partial charge in [-0.25, -0.2) is 9.78 Å². The molecule has 0 bridgehead atoms. The Kier molecular flexibility index (Phi) is 4.88. The van der Waals surface area contributed by atoms with Crippen molar-refractivity contribution in [3.05, 3.63) is 10.6 Å². The molecule has 21 heavy (non-hydrogen) atoms. The van der Waals surface area contributed by atoms with Crippen LogP contribution >= 0.6 is 11.3 Å². The van der Waals surface area contributed by atoms with E-state index in [9.17, 15) is 4.79 Å². The van der Waals surface area contributed by atoms with Crippen LogP contribution in [0.3, 0.4) is 0 Å². The molecule has 6 heteroatoms. The van der Waals surface area contributed by atoms with Crippen LogP contribution < -0.4 is 4.90 Å². The van der Waals surface area contributed by atoms with Gasteiger partial charge in [0.15, 0.2) is 10.8 Å². The first-order valence-electron chi connectivity index (χ1n) is 7.43. The van der Waals surface area contributed by atoms with E-state index in [4.69, 9.17) is 4.74 Å². The molecule has 1 aliphatic rings. The standard InChI is InChI=1S/C15H25N3O2S/c1-6-20-13(19)12-11(2)21-14(16-12)18(5)10-15(17(3)4)8-7-9-15/h6-10H2,1-5H3. The topological polar surface area (TPSA) is 45.7 Å². The van der Waals surface area contributed by atoms with E-state index in [-0.39, 0.29) is 11.5 Å². The first-order valence-corrected chi connectivity index (χ1v) is 8.24. The fraction of sp³-hybridized carbons (Fsp3) is 0.733. The second-order valence-corrected chi connectivity index (χ2v) is 7.13. The van der Waals surface area contributed by atoms with Crippen molar-refractivity contribution in [3.8, 4) is 0 Å². The first kappa shape index (κ1) is 16.2. The van der Waals surface area contributed by atoms with Gasteiger partial charge in [-0.05, 0) is 47.2 Å². The van der Waals surface area contributed by atoms with Crippen LogP contribution in [0.4, 0.5) is 5.13 Å². The van der Waals surface area contributed by atoms with Gasteiger partial charge in [0.1, 0.15) is 0 Å². The minimum absolute atomic E-state index is 0.248. The summed E-state index contributed by atoms with van der Waals surface area (Å²) in [5.41, 5.74) is 0.703. The summed E-state index contributed by atoms with van der Waals surface area (Å²) in [6, 6.07) is 0. The summed E-state index contributed by atoms with van der Waals surface area (Å²) < 4.78 is 5.05. The van der Waals surface area contributed by atoms with Crippen LogP contribution in [0, 0.1) is 6.92 Å². The summed E-state index contributed by atoms with van der Waals surface area (Å²) >= 11 is 1.56. The maximum Gasteiger partial charge on any atom is 0.358 e. The van der Waals surface area contributed by atoms with E-state index in [0.29, 0.717) is 12.3 Å². The minimum Gasteiger partial charge on any atom is -0.461 e. The van der Waals surface area contributed by atoms with Gasteiger partial charge in [-0.1, -0.05) is 0 Å². The molecular formula is C15H25N3O2S. The van der Waals surface area contributed by atoms with Crippen LogP contribution in [-0.2, 0) is 4.74 Å². The number of carbonyl (C=O) groups is 1. The van der Waals surface area contributed by atoms with Crippen molar-refractivity contribution in [3.63, 3.8) is 0 Å². The predicted octanol–water partition coefficient (Wildman–Crippen LogP) is 2.55. The van der Waals surface area contributed by atoms with E-state index in [1.54, 1.807) is 11.3 Å². The number of aromatic nitrogens is 1. The molecule has 0 amide bonds. The Bertz CT molecular complexity index is 509. The van der Waals surface area contributed by atoms with Crippen LogP contribution in [0.25, 0.3) is 0 Å². The van der Waals surface area contributed by atoms with Gasteiger partial charge in [0.25, 0.3) is 0 Å². The number of hydrogen-bond acceptors (Lipinski definition) is 6. The second kappa shape index (κ2) is 6.32. The molecule has 0 spiro atoms. The van der Waals surface area contributed by atoms with Crippen LogP contribution in [0.15, 0.2) is 0 Å². The normalized spacial score (nSPS) is 16.7. The third kappa shape index (κ3) is 3.21. The molecule has 1 aromatic heterocycles. The van der Waals surface area contributed by atoms with Crippen molar-refractivity contribution in [2.24, 2.45) is 0 Å². The van der Waals surface area contributed by atoms with Crippen molar-refractivity contribution in [1.82, 2.24) is 9.88 Å². The smallest absolute Gasteiger partial charge is 0.358 e. The third-order valence-corrected chi connectivity index (χ3v) is 5.43. The summed E-state index contributed by atoms with van der Waals surface area (Å²) in [7, 11) is 6.34. The molecule has 1 heterocycles. The highest BCUT2D eigenvalue weighted by atomic mass is 32.1. The number of hydrogen-bond donors (Lipinski definition) is 0. The Morgan fingerprint density at radius 3 is 2.52 bits per heavy atom. The number of thiazole rings is 1. The molecule has 0 aromatic carbocycles.